The molecule has 0 aliphatic carbocycles. The zero-order valence-corrected chi connectivity index (χ0v) is 14.1. The van der Waals surface area contributed by atoms with Crippen molar-refractivity contribution in [2.24, 2.45) is 5.73 Å². The van der Waals surface area contributed by atoms with Gasteiger partial charge in [-0.1, -0.05) is 17.7 Å². The Balaban J connectivity index is 1.93. The van der Waals surface area contributed by atoms with Crippen molar-refractivity contribution in [3.63, 3.8) is 0 Å². The highest BCUT2D eigenvalue weighted by Crippen LogP contribution is 2.20. The molecule has 1 aromatic carbocycles. The summed E-state index contributed by atoms with van der Waals surface area (Å²) in [5.74, 6) is -0.0195. The number of carbonyl (C=O) groups is 1. The van der Waals surface area contributed by atoms with Gasteiger partial charge < -0.3 is 10.6 Å². The number of carbonyl (C=O) groups excluding carboxylic acids is 1. The van der Waals surface area contributed by atoms with Crippen LogP contribution in [0.1, 0.15) is 28.9 Å². The van der Waals surface area contributed by atoms with E-state index in [2.05, 4.69) is 21.0 Å². The fraction of sp³-hybridized carbons (Fsp3) is 0.375. The van der Waals surface area contributed by atoms with Crippen molar-refractivity contribution in [3.8, 4) is 5.69 Å². The highest BCUT2D eigenvalue weighted by atomic mass is 79.9. The van der Waals surface area contributed by atoms with E-state index in [-0.39, 0.29) is 11.9 Å². The molecule has 1 amide bonds. The van der Waals surface area contributed by atoms with Gasteiger partial charge in [0.1, 0.15) is 10.3 Å². The molecule has 2 heterocycles. The van der Waals surface area contributed by atoms with Gasteiger partial charge in [-0.05, 0) is 47.8 Å². The maximum atomic E-state index is 12.8. The van der Waals surface area contributed by atoms with Crippen molar-refractivity contribution in [1.29, 1.82) is 0 Å². The van der Waals surface area contributed by atoms with Crippen LogP contribution in [0.5, 0.6) is 0 Å². The molecule has 1 aliphatic rings. The van der Waals surface area contributed by atoms with E-state index in [1.165, 1.54) is 5.56 Å². The summed E-state index contributed by atoms with van der Waals surface area (Å²) in [7, 11) is 0. The number of hydrogen-bond donors (Lipinski definition) is 1. The number of halogens is 1. The van der Waals surface area contributed by atoms with Crippen LogP contribution in [-0.4, -0.2) is 39.7 Å². The second-order valence-corrected chi connectivity index (χ2v) is 6.57. The summed E-state index contributed by atoms with van der Waals surface area (Å²) >= 11 is 3.37. The Morgan fingerprint density at radius 2 is 2.09 bits per heavy atom. The van der Waals surface area contributed by atoms with Crippen LogP contribution in [0.2, 0.25) is 0 Å². The number of piperidine rings is 1. The van der Waals surface area contributed by atoms with Gasteiger partial charge in [0.05, 0.1) is 5.69 Å². The lowest BCUT2D eigenvalue weighted by Crippen LogP contribution is -2.46. The number of amides is 1. The predicted octanol–water partition coefficient (Wildman–Crippen LogP) is 2.51. The average Bonchev–Trinajstić information content (AvgIpc) is 2.89. The lowest BCUT2D eigenvalue weighted by atomic mass is 10.1. The molecule has 1 saturated heterocycles. The highest BCUT2D eigenvalue weighted by Gasteiger charge is 2.25. The number of hydrogen-bond acceptors (Lipinski definition) is 3. The fourth-order valence-electron chi connectivity index (χ4n) is 2.74. The van der Waals surface area contributed by atoms with Gasteiger partial charge in [0.25, 0.3) is 5.91 Å². The minimum Gasteiger partial charge on any atom is -0.336 e. The van der Waals surface area contributed by atoms with Crippen LogP contribution < -0.4 is 5.73 Å². The van der Waals surface area contributed by atoms with Crippen molar-refractivity contribution >= 4 is 21.8 Å². The normalized spacial score (nSPS) is 18.5. The van der Waals surface area contributed by atoms with Crippen molar-refractivity contribution in [3.05, 3.63) is 46.2 Å². The second kappa shape index (κ2) is 6.22. The zero-order valence-electron chi connectivity index (χ0n) is 12.5. The van der Waals surface area contributed by atoms with Crippen molar-refractivity contribution in [1.82, 2.24) is 14.7 Å². The monoisotopic (exact) mass is 362 g/mol. The van der Waals surface area contributed by atoms with Gasteiger partial charge in [0.2, 0.25) is 0 Å². The number of aromatic nitrogens is 2. The highest BCUT2D eigenvalue weighted by molar-refractivity contribution is 9.10. The van der Waals surface area contributed by atoms with Crippen LogP contribution in [0.15, 0.2) is 34.9 Å². The van der Waals surface area contributed by atoms with E-state index in [0.29, 0.717) is 16.8 Å². The quantitative estimate of drug-likeness (QED) is 0.892. The topological polar surface area (TPSA) is 64.2 Å². The minimum absolute atomic E-state index is 0.0195. The predicted molar refractivity (Wildman–Crippen MR) is 89.1 cm³/mol. The van der Waals surface area contributed by atoms with Crippen LogP contribution in [0.4, 0.5) is 0 Å². The molecule has 2 aromatic rings. The van der Waals surface area contributed by atoms with Crippen molar-refractivity contribution in [2.75, 3.05) is 13.1 Å². The number of nitrogens with two attached hydrogens (primary N) is 1. The summed E-state index contributed by atoms with van der Waals surface area (Å²) in [4.78, 5) is 14.6. The molecule has 6 heteroatoms. The summed E-state index contributed by atoms with van der Waals surface area (Å²) in [6, 6.07) is 9.78. The Hall–Kier alpha value is -1.66. The molecule has 3 rings (SSSR count). The van der Waals surface area contributed by atoms with Crippen molar-refractivity contribution < 1.29 is 4.79 Å². The molecule has 2 N–H and O–H groups in total. The number of nitrogens with zero attached hydrogens (tertiary/aromatic N) is 3. The number of rotatable bonds is 2. The first-order valence-corrected chi connectivity index (χ1v) is 8.21. The first-order valence-electron chi connectivity index (χ1n) is 7.42. The Morgan fingerprint density at radius 3 is 2.77 bits per heavy atom. The van der Waals surface area contributed by atoms with E-state index < -0.39 is 0 Å². The minimum atomic E-state index is -0.0195. The first kappa shape index (κ1) is 15.2. The van der Waals surface area contributed by atoms with Gasteiger partial charge in [-0.15, -0.1) is 0 Å². The SMILES string of the molecule is Cc1ccc(-n2nc(Br)cc2C(=O)N2CCC[C@H](N)C2)cc1. The van der Waals surface area contributed by atoms with Crippen molar-refractivity contribution in [2.45, 2.75) is 25.8 Å². The van der Waals surface area contributed by atoms with E-state index in [1.807, 2.05) is 36.1 Å². The molecular weight excluding hydrogens is 344 g/mol. The van der Waals surface area contributed by atoms with Crippen LogP contribution in [0, 0.1) is 6.92 Å². The Morgan fingerprint density at radius 1 is 1.36 bits per heavy atom. The van der Waals surface area contributed by atoms with E-state index in [0.717, 1.165) is 25.1 Å². The van der Waals surface area contributed by atoms with Gasteiger partial charge in [-0.2, -0.15) is 5.10 Å². The standard InChI is InChI=1S/C16H19BrN4O/c1-11-4-6-13(7-5-11)21-14(9-15(17)19-21)16(22)20-8-2-3-12(18)10-20/h4-7,9,12H,2-3,8,10,18H2,1H3/t12-/m0/s1. The van der Waals surface area contributed by atoms with Crippen LogP contribution in [0.3, 0.4) is 0 Å². The molecule has 0 saturated carbocycles. The molecule has 0 radical (unpaired) electrons. The summed E-state index contributed by atoms with van der Waals surface area (Å²) in [6.07, 6.45) is 1.93. The smallest absolute Gasteiger partial charge is 0.272 e. The van der Waals surface area contributed by atoms with E-state index in [4.69, 9.17) is 5.73 Å². The third kappa shape index (κ3) is 3.08. The molecular formula is C16H19BrN4O. The number of aryl methyl sites for hydroxylation is 1. The Bertz CT molecular complexity index is 680. The van der Waals surface area contributed by atoms with Gasteiger partial charge >= 0.3 is 0 Å². The lowest BCUT2D eigenvalue weighted by molar-refractivity contribution is 0.0699. The van der Waals surface area contributed by atoms with Gasteiger partial charge in [0, 0.05) is 25.2 Å². The summed E-state index contributed by atoms with van der Waals surface area (Å²) in [5.41, 5.74) is 8.59. The molecule has 0 bridgehead atoms. The summed E-state index contributed by atoms with van der Waals surface area (Å²) in [6.45, 7) is 3.39. The second-order valence-electron chi connectivity index (χ2n) is 5.75. The first-order chi connectivity index (χ1) is 10.5. The van der Waals surface area contributed by atoms with Gasteiger partial charge in [-0.25, -0.2) is 4.68 Å². The van der Waals surface area contributed by atoms with Gasteiger partial charge in [0.15, 0.2) is 0 Å². The molecule has 0 unspecified atom stereocenters. The van der Waals surface area contributed by atoms with Crippen LogP contribution >= 0.6 is 15.9 Å². The molecule has 22 heavy (non-hydrogen) atoms. The van der Waals surface area contributed by atoms with E-state index >= 15 is 0 Å². The summed E-state index contributed by atoms with van der Waals surface area (Å²) < 4.78 is 2.34. The van der Waals surface area contributed by atoms with E-state index in [9.17, 15) is 4.79 Å². The third-order valence-electron chi connectivity index (χ3n) is 3.92. The Kier molecular flexibility index (Phi) is 4.31. The maximum Gasteiger partial charge on any atom is 0.272 e. The maximum absolute atomic E-state index is 12.8. The van der Waals surface area contributed by atoms with Crippen LogP contribution in [-0.2, 0) is 0 Å². The largest absolute Gasteiger partial charge is 0.336 e. The number of likely N-dealkylation sites (tertiary alicyclic amines) is 1. The summed E-state index contributed by atoms with van der Waals surface area (Å²) in [5, 5.41) is 4.40. The molecule has 1 atom stereocenters. The molecule has 5 nitrogen and oxygen atoms in total. The van der Waals surface area contributed by atoms with Gasteiger partial charge in [-0.3, -0.25) is 4.79 Å². The fourth-order valence-corrected chi connectivity index (χ4v) is 3.12. The van der Waals surface area contributed by atoms with Crippen LogP contribution in [0.25, 0.3) is 5.69 Å². The molecule has 116 valence electrons. The Labute approximate surface area is 138 Å². The molecule has 1 aromatic heterocycles. The number of benzene rings is 1. The molecule has 0 spiro atoms. The third-order valence-corrected chi connectivity index (χ3v) is 4.31. The molecule has 1 fully saturated rings. The lowest BCUT2D eigenvalue weighted by Gasteiger charge is -2.30. The molecule has 1 aliphatic heterocycles. The zero-order chi connectivity index (χ0) is 15.7. The average molecular weight is 363 g/mol. The van der Waals surface area contributed by atoms with E-state index in [1.54, 1.807) is 10.7 Å².